The van der Waals surface area contributed by atoms with Crippen molar-refractivity contribution in [1.29, 1.82) is 0 Å². The van der Waals surface area contributed by atoms with Gasteiger partial charge in [-0.15, -0.1) is 0 Å². The Balaban J connectivity index is 1.68. The highest BCUT2D eigenvalue weighted by atomic mass is 16.2. The lowest BCUT2D eigenvalue weighted by Gasteiger charge is -2.41. The van der Waals surface area contributed by atoms with Gasteiger partial charge in [0.05, 0.1) is 6.42 Å². The van der Waals surface area contributed by atoms with Crippen molar-refractivity contribution in [2.75, 3.05) is 13.1 Å². The van der Waals surface area contributed by atoms with E-state index in [4.69, 9.17) is 0 Å². The predicted molar refractivity (Wildman–Crippen MR) is 90.1 cm³/mol. The number of carbonyl (C=O) groups is 2. The molecule has 0 spiro atoms. The van der Waals surface area contributed by atoms with Gasteiger partial charge in [-0.25, -0.2) is 0 Å². The van der Waals surface area contributed by atoms with Gasteiger partial charge in [0.25, 0.3) is 0 Å². The van der Waals surface area contributed by atoms with Gasteiger partial charge in [0.1, 0.15) is 6.04 Å². The molecule has 23 heavy (non-hydrogen) atoms. The average Bonchev–Trinajstić information content (AvgIpc) is 3.00. The topological polar surface area (TPSA) is 40.6 Å². The minimum Gasteiger partial charge on any atom is -0.336 e. The molecule has 2 aliphatic heterocycles. The van der Waals surface area contributed by atoms with Gasteiger partial charge in [-0.1, -0.05) is 38.1 Å². The lowest BCUT2D eigenvalue weighted by Crippen LogP contribution is -2.60. The number of hydrogen-bond acceptors (Lipinski definition) is 2. The van der Waals surface area contributed by atoms with Crippen molar-refractivity contribution in [3.8, 4) is 0 Å². The number of carbonyl (C=O) groups excluding carboxylic acids is 2. The number of fused-ring (bicyclic) bond motifs is 1. The second-order valence-electron chi connectivity index (χ2n) is 7.12. The van der Waals surface area contributed by atoms with Gasteiger partial charge in [-0.3, -0.25) is 9.59 Å². The van der Waals surface area contributed by atoms with Crippen molar-refractivity contribution in [2.24, 2.45) is 0 Å². The zero-order valence-corrected chi connectivity index (χ0v) is 14.3. The van der Waals surface area contributed by atoms with E-state index in [-0.39, 0.29) is 23.9 Å². The Hall–Kier alpha value is -1.84. The summed E-state index contributed by atoms with van der Waals surface area (Å²) in [5.74, 6) is 0.671. The molecule has 0 N–H and O–H groups in total. The molecular weight excluding hydrogens is 288 g/mol. The van der Waals surface area contributed by atoms with E-state index in [0.717, 1.165) is 24.9 Å². The van der Waals surface area contributed by atoms with E-state index in [1.54, 1.807) is 4.90 Å². The molecule has 4 heteroatoms. The Bertz CT molecular complexity index is 594. The molecule has 0 bridgehead atoms. The summed E-state index contributed by atoms with van der Waals surface area (Å²) in [6.45, 7) is 7.72. The molecule has 0 unspecified atom stereocenters. The zero-order valence-electron chi connectivity index (χ0n) is 14.3. The molecule has 3 rings (SSSR count). The number of nitrogens with zero attached hydrogens (tertiary/aromatic N) is 2. The molecule has 4 nitrogen and oxygen atoms in total. The van der Waals surface area contributed by atoms with Crippen LogP contribution in [-0.2, 0) is 16.0 Å². The van der Waals surface area contributed by atoms with Crippen molar-refractivity contribution in [2.45, 2.75) is 58.0 Å². The summed E-state index contributed by atoms with van der Waals surface area (Å²) in [7, 11) is 0. The van der Waals surface area contributed by atoms with Crippen LogP contribution >= 0.6 is 0 Å². The first kappa shape index (κ1) is 16.0. The molecule has 2 amide bonds. The molecule has 2 fully saturated rings. The van der Waals surface area contributed by atoms with Crippen LogP contribution in [0.3, 0.4) is 0 Å². The summed E-state index contributed by atoms with van der Waals surface area (Å²) >= 11 is 0. The monoisotopic (exact) mass is 314 g/mol. The molecule has 1 aromatic carbocycles. The Labute approximate surface area is 138 Å². The highest BCUT2D eigenvalue weighted by Crippen LogP contribution is 2.26. The van der Waals surface area contributed by atoms with Gasteiger partial charge < -0.3 is 9.80 Å². The quantitative estimate of drug-likeness (QED) is 0.860. The third-order valence-corrected chi connectivity index (χ3v) is 5.21. The van der Waals surface area contributed by atoms with Crippen LogP contribution in [0.5, 0.6) is 0 Å². The van der Waals surface area contributed by atoms with Crippen LogP contribution in [0.1, 0.15) is 50.7 Å². The minimum absolute atomic E-state index is 0.0645. The van der Waals surface area contributed by atoms with Crippen LogP contribution in [0.15, 0.2) is 24.3 Å². The Morgan fingerprint density at radius 1 is 1.26 bits per heavy atom. The maximum absolute atomic E-state index is 12.7. The van der Waals surface area contributed by atoms with E-state index in [1.165, 1.54) is 5.56 Å². The molecule has 0 aliphatic carbocycles. The van der Waals surface area contributed by atoms with Crippen molar-refractivity contribution in [3.05, 3.63) is 35.4 Å². The Kier molecular flexibility index (Phi) is 4.42. The molecule has 2 aliphatic rings. The molecule has 0 radical (unpaired) electrons. The summed E-state index contributed by atoms with van der Waals surface area (Å²) in [5, 5.41) is 0. The molecular formula is C19H26N2O2. The van der Waals surface area contributed by atoms with Crippen LogP contribution < -0.4 is 0 Å². The highest BCUT2D eigenvalue weighted by molar-refractivity contribution is 5.89. The summed E-state index contributed by atoms with van der Waals surface area (Å²) < 4.78 is 0. The third-order valence-electron chi connectivity index (χ3n) is 5.21. The molecule has 2 atom stereocenters. The molecule has 0 aromatic heterocycles. The van der Waals surface area contributed by atoms with Crippen LogP contribution in [0.4, 0.5) is 0 Å². The first-order valence-electron chi connectivity index (χ1n) is 8.66. The number of rotatable bonds is 3. The minimum atomic E-state index is -0.327. The Morgan fingerprint density at radius 3 is 2.61 bits per heavy atom. The van der Waals surface area contributed by atoms with E-state index < -0.39 is 0 Å². The number of benzene rings is 1. The SMILES string of the molecule is CC(C)c1ccc(CC(=O)N2C[C@@H]3CCCN3C(=O)[C@H]2C)cc1. The second-order valence-corrected chi connectivity index (χ2v) is 7.12. The summed E-state index contributed by atoms with van der Waals surface area (Å²) in [6.07, 6.45) is 2.45. The van der Waals surface area contributed by atoms with Gasteiger partial charge in [-0.2, -0.15) is 0 Å². The fourth-order valence-corrected chi connectivity index (χ4v) is 3.69. The van der Waals surface area contributed by atoms with Gasteiger partial charge >= 0.3 is 0 Å². The van der Waals surface area contributed by atoms with E-state index >= 15 is 0 Å². The standard InChI is InChI=1S/C19H26N2O2/c1-13(2)16-8-6-15(7-9-16)11-18(22)21-12-17-5-4-10-20(17)19(23)14(21)3/h6-9,13-14,17H,4-5,10-12H2,1-3H3/t14-,17+/m1/s1. The summed E-state index contributed by atoms with van der Waals surface area (Å²) in [6, 6.07) is 8.16. The molecule has 2 saturated heterocycles. The average molecular weight is 314 g/mol. The maximum Gasteiger partial charge on any atom is 0.245 e. The Morgan fingerprint density at radius 2 is 1.96 bits per heavy atom. The van der Waals surface area contributed by atoms with Crippen molar-refractivity contribution in [1.82, 2.24) is 9.80 Å². The van der Waals surface area contributed by atoms with E-state index in [1.807, 2.05) is 24.0 Å². The first-order chi connectivity index (χ1) is 11.0. The predicted octanol–water partition coefficient (Wildman–Crippen LogP) is 2.57. The fourth-order valence-electron chi connectivity index (χ4n) is 3.69. The number of amides is 2. The van der Waals surface area contributed by atoms with Gasteiger partial charge in [0.15, 0.2) is 0 Å². The van der Waals surface area contributed by atoms with Crippen molar-refractivity contribution in [3.63, 3.8) is 0 Å². The number of hydrogen-bond donors (Lipinski definition) is 0. The van der Waals surface area contributed by atoms with Crippen LogP contribution in [-0.4, -0.2) is 46.8 Å². The van der Waals surface area contributed by atoms with Gasteiger partial charge in [-0.05, 0) is 36.8 Å². The molecule has 1 aromatic rings. The lowest BCUT2D eigenvalue weighted by atomic mass is 10.00. The van der Waals surface area contributed by atoms with Gasteiger partial charge in [0.2, 0.25) is 11.8 Å². The third kappa shape index (κ3) is 3.12. The van der Waals surface area contributed by atoms with Crippen LogP contribution in [0.25, 0.3) is 0 Å². The lowest BCUT2D eigenvalue weighted by molar-refractivity contribution is -0.152. The van der Waals surface area contributed by atoms with Gasteiger partial charge in [0, 0.05) is 19.1 Å². The zero-order chi connectivity index (χ0) is 16.6. The highest BCUT2D eigenvalue weighted by Gasteiger charge is 2.41. The van der Waals surface area contributed by atoms with Crippen molar-refractivity contribution < 1.29 is 9.59 Å². The largest absolute Gasteiger partial charge is 0.336 e. The van der Waals surface area contributed by atoms with Crippen molar-refractivity contribution >= 4 is 11.8 Å². The van der Waals surface area contributed by atoms with E-state index in [0.29, 0.717) is 18.9 Å². The smallest absolute Gasteiger partial charge is 0.245 e. The molecule has 124 valence electrons. The molecule has 2 heterocycles. The number of piperazine rings is 1. The normalized spacial score (nSPS) is 24.3. The summed E-state index contributed by atoms with van der Waals surface area (Å²) in [5.41, 5.74) is 2.30. The van der Waals surface area contributed by atoms with Crippen LogP contribution in [0.2, 0.25) is 0 Å². The maximum atomic E-state index is 12.7. The second kappa shape index (κ2) is 6.34. The summed E-state index contributed by atoms with van der Waals surface area (Å²) in [4.78, 5) is 28.9. The fraction of sp³-hybridized carbons (Fsp3) is 0.579. The first-order valence-corrected chi connectivity index (χ1v) is 8.66. The van der Waals surface area contributed by atoms with Crippen LogP contribution in [0, 0.1) is 0 Å². The van der Waals surface area contributed by atoms with E-state index in [9.17, 15) is 9.59 Å². The van der Waals surface area contributed by atoms with E-state index in [2.05, 4.69) is 26.0 Å². The molecule has 0 saturated carbocycles.